The molecule has 2 aromatic rings. The van der Waals surface area contributed by atoms with Crippen molar-refractivity contribution in [3.63, 3.8) is 0 Å². The molecule has 1 aliphatic heterocycles. The van der Waals surface area contributed by atoms with Crippen molar-refractivity contribution < 1.29 is 14.2 Å². The first-order chi connectivity index (χ1) is 12.2. The fourth-order valence-electron chi connectivity index (χ4n) is 3.96. The normalized spacial score (nSPS) is 19.0. The molecule has 1 aliphatic carbocycles. The number of aliphatic hydroxyl groups is 1. The zero-order valence-corrected chi connectivity index (χ0v) is 14.4. The second-order valence-electron chi connectivity index (χ2n) is 7.02. The van der Waals surface area contributed by atoms with Gasteiger partial charge in [-0.1, -0.05) is 12.1 Å². The average Bonchev–Trinajstić information content (AvgIpc) is 2.99. The molecule has 3 nitrogen and oxygen atoms in total. The van der Waals surface area contributed by atoms with E-state index in [9.17, 15) is 9.50 Å². The van der Waals surface area contributed by atoms with E-state index in [1.807, 2.05) is 0 Å². The number of halogens is 1. The molecule has 25 heavy (non-hydrogen) atoms. The van der Waals surface area contributed by atoms with Gasteiger partial charge in [-0.05, 0) is 67.0 Å². The van der Waals surface area contributed by atoms with Crippen molar-refractivity contribution in [3.05, 3.63) is 64.0 Å². The van der Waals surface area contributed by atoms with E-state index >= 15 is 0 Å². The quantitative estimate of drug-likeness (QED) is 0.888. The number of rotatable bonds is 4. The van der Waals surface area contributed by atoms with E-state index in [2.05, 4.69) is 17.4 Å². The number of benzene rings is 2. The van der Waals surface area contributed by atoms with Crippen LogP contribution in [0.2, 0.25) is 0 Å². The topological polar surface area (TPSA) is 41.5 Å². The summed E-state index contributed by atoms with van der Waals surface area (Å²) in [6, 6.07) is 9.74. The minimum atomic E-state index is -0.352. The number of fused-ring (bicyclic) bond motifs is 2. The Bertz CT molecular complexity index is 775. The molecule has 0 saturated carbocycles. The first-order valence-electron chi connectivity index (χ1n) is 9.14. The SMILES string of the molecule is OCc1cc(CNC2CCCOc3cc4c(cc32)CCC4)ccc1F. The van der Waals surface area contributed by atoms with Gasteiger partial charge in [0.25, 0.3) is 0 Å². The molecule has 4 heteroatoms. The minimum absolute atomic E-state index is 0.242. The van der Waals surface area contributed by atoms with Crippen molar-refractivity contribution >= 4 is 0 Å². The largest absolute Gasteiger partial charge is 0.493 e. The summed E-state index contributed by atoms with van der Waals surface area (Å²) in [6.45, 7) is 1.13. The number of aryl methyl sites for hydroxylation is 2. The lowest BCUT2D eigenvalue weighted by molar-refractivity contribution is 0.275. The van der Waals surface area contributed by atoms with Crippen LogP contribution >= 0.6 is 0 Å². The Morgan fingerprint density at radius 1 is 1.12 bits per heavy atom. The summed E-state index contributed by atoms with van der Waals surface area (Å²) in [5.41, 5.74) is 5.48. The summed E-state index contributed by atoms with van der Waals surface area (Å²) in [4.78, 5) is 0. The van der Waals surface area contributed by atoms with Gasteiger partial charge in [0, 0.05) is 23.7 Å². The van der Waals surface area contributed by atoms with Crippen LogP contribution in [0.25, 0.3) is 0 Å². The van der Waals surface area contributed by atoms with Crippen molar-refractivity contribution in [2.24, 2.45) is 0 Å². The Balaban J connectivity index is 1.55. The highest BCUT2D eigenvalue weighted by Crippen LogP contribution is 2.37. The molecule has 4 rings (SSSR count). The van der Waals surface area contributed by atoms with Crippen LogP contribution in [0.5, 0.6) is 5.75 Å². The Hall–Kier alpha value is -1.91. The smallest absolute Gasteiger partial charge is 0.128 e. The van der Waals surface area contributed by atoms with E-state index in [1.54, 1.807) is 12.1 Å². The molecule has 1 heterocycles. The van der Waals surface area contributed by atoms with Gasteiger partial charge in [0.05, 0.1) is 13.2 Å². The molecule has 1 unspecified atom stereocenters. The molecule has 1 atom stereocenters. The van der Waals surface area contributed by atoms with E-state index in [-0.39, 0.29) is 18.5 Å². The van der Waals surface area contributed by atoms with Gasteiger partial charge in [-0.3, -0.25) is 0 Å². The zero-order chi connectivity index (χ0) is 17.2. The summed E-state index contributed by atoms with van der Waals surface area (Å²) in [5.74, 6) is 0.667. The van der Waals surface area contributed by atoms with Gasteiger partial charge in [-0.2, -0.15) is 0 Å². The monoisotopic (exact) mass is 341 g/mol. The Labute approximate surface area is 147 Å². The molecule has 0 amide bonds. The highest BCUT2D eigenvalue weighted by molar-refractivity contribution is 5.46. The number of ether oxygens (including phenoxy) is 1. The molecule has 0 saturated heterocycles. The summed E-state index contributed by atoms with van der Waals surface area (Å²) in [7, 11) is 0. The van der Waals surface area contributed by atoms with Crippen LogP contribution < -0.4 is 10.1 Å². The predicted molar refractivity (Wildman–Crippen MR) is 95.1 cm³/mol. The van der Waals surface area contributed by atoms with Gasteiger partial charge in [-0.25, -0.2) is 4.39 Å². The summed E-state index contributed by atoms with van der Waals surface area (Å²) < 4.78 is 19.5. The first-order valence-corrected chi connectivity index (χ1v) is 9.14. The second kappa shape index (κ2) is 7.14. The lowest BCUT2D eigenvalue weighted by Gasteiger charge is -2.20. The molecular weight excluding hydrogens is 317 g/mol. The van der Waals surface area contributed by atoms with Crippen LogP contribution in [-0.2, 0) is 26.0 Å². The number of hydrogen-bond acceptors (Lipinski definition) is 3. The first kappa shape index (κ1) is 16.6. The van der Waals surface area contributed by atoms with Gasteiger partial charge >= 0.3 is 0 Å². The maximum absolute atomic E-state index is 13.5. The molecule has 0 bridgehead atoms. The summed E-state index contributed by atoms with van der Waals surface area (Å²) in [5, 5.41) is 12.9. The van der Waals surface area contributed by atoms with Gasteiger partial charge in [-0.15, -0.1) is 0 Å². The van der Waals surface area contributed by atoms with E-state index in [4.69, 9.17) is 4.74 Å². The molecule has 132 valence electrons. The Morgan fingerprint density at radius 2 is 1.96 bits per heavy atom. The van der Waals surface area contributed by atoms with Crippen LogP contribution in [0.15, 0.2) is 30.3 Å². The van der Waals surface area contributed by atoms with E-state index in [0.717, 1.165) is 43.6 Å². The maximum Gasteiger partial charge on any atom is 0.128 e. The summed E-state index contributed by atoms with van der Waals surface area (Å²) >= 11 is 0. The zero-order valence-electron chi connectivity index (χ0n) is 14.4. The molecule has 0 aromatic heterocycles. The molecular formula is C21H24FNO2. The van der Waals surface area contributed by atoms with Gasteiger partial charge < -0.3 is 15.2 Å². The fraction of sp³-hybridized carbons (Fsp3) is 0.429. The average molecular weight is 341 g/mol. The number of hydrogen-bond donors (Lipinski definition) is 2. The number of nitrogens with one attached hydrogen (secondary N) is 1. The fourth-order valence-corrected chi connectivity index (χ4v) is 3.96. The molecule has 2 N–H and O–H groups in total. The van der Waals surface area contributed by atoms with Gasteiger partial charge in [0.2, 0.25) is 0 Å². The maximum atomic E-state index is 13.5. The van der Waals surface area contributed by atoms with Crippen LogP contribution in [-0.4, -0.2) is 11.7 Å². The Kier molecular flexibility index (Phi) is 4.73. The third-order valence-electron chi connectivity index (χ3n) is 5.33. The van der Waals surface area contributed by atoms with Crippen molar-refractivity contribution in [3.8, 4) is 5.75 Å². The van der Waals surface area contributed by atoms with Crippen molar-refractivity contribution in [2.45, 2.75) is 51.3 Å². The molecule has 0 spiro atoms. The minimum Gasteiger partial charge on any atom is -0.493 e. The summed E-state index contributed by atoms with van der Waals surface area (Å²) in [6.07, 6.45) is 5.59. The molecule has 0 fully saturated rings. The third kappa shape index (κ3) is 3.42. The highest BCUT2D eigenvalue weighted by Gasteiger charge is 2.23. The molecule has 2 aromatic carbocycles. The molecule has 2 aliphatic rings. The predicted octanol–water partition coefficient (Wildman–Crippen LogP) is 3.81. The van der Waals surface area contributed by atoms with Crippen LogP contribution in [0.4, 0.5) is 4.39 Å². The molecule has 0 radical (unpaired) electrons. The van der Waals surface area contributed by atoms with E-state index < -0.39 is 0 Å². The van der Waals surface area contributed by atoms with Gasteiger partial charge in [0.1, 0.15) is 11.6 Å². The van der Waals surface area contributed by atoms with Crippen LogP contribution in [0.3, 0.4) is 0 Å². The number of aliphatic hydroxyl groups excluding tert-OH is 1. The van der Waals surface area contributed by atoms with Crippen molar-refractivity contribution in [1.29, 1.82) is 0 Å². The lowest BCUT2D eigenvalue weighted by atomic mass is 9.97. The van der Waals surface area contributed by atoms with E-state index in [1.165, 1.54) is 29.2 Å². The van der Waals surface area contributed by atoms with Crippen LogP contribution in [0.1, 0.15) is 53.1 Å². The lowest BCUT2D eigenvalue weighted by Crippen LogP contribution is -2.21. The second-order valence-corrected chi connectivity index (χ2v) is 7.02. The van der Waals surface area contributed by atoms with Crippen molar-refractivity contribution in [2.75, 3.05) is 6.61 Å². The highest BCUT2D eigenvalue weighted by atomic mass is 19.1. The standard InChI is InChI=1S/C21H24FNO2/c22-19-7-6-14(9-17(19)13-24)12-23-20-5-2-8-25-21-11-16-4-1-3-15(16)10-18(20)21/h6-7,9-11,20,23-24H,1-5,8,12-13H2. The van der Waals surface area contributed by atoms with Crippen molar-refractivity contribution in [1.82, 2.24) is 5.32 Å². The van der Waals surface area contributed by atoms with Gasteiger partial charge in [0.15, 0.2) is 0 Å². The van der Waals surface area contributed by atoms with E-state index in [0.29, 0.717) is 12.1 Å². The third-order valence-corrected chi connectivity index (χ3v) is 5.33. The van der Waals surface area contributed by atoms with Crippen LogP contribution in [0, 0.1) is 5.82 Å². The Morgan fingerprint density at radius 3 is 2.80 bits per heavy atom.